The van der Waals surface area contributed by atoms with Crippen LogP contribution >= 0.6 is 23.4 Å². The average molecular weight is 390 g/mol. The van der Waals surface area contributed by atoms with E-state index in [4.69, 9.17) is 16.3 Å². The standard InChI is InChI=1S/C21H24ClNO2S/c22-19-10-4-2-7-17(19)15-26-13-12-23-21(24)14-25-20-11-5-8-16-6-1-3-9-18(16)20/h2,4-5,7-8,10-11H,1,3,6,9,12-15H2,(H,23,24). The molecule has 3 rings (SSSR count). The summed E-state index contributed by atoms with van der Waals surface area (Å²) in [6.45, 7) is 0.704. The van der Waals surface area contributed by atoms with Gasteiger partial charge in [0.25, 0.3) is 5.91 Å². The van der Waals surface area contributed by atoms with Gasteiger partial charge in [0.1, 0.15) is 5.75 Å². The predicted octanol–water partition coefficient (Wildman–Crippen LogP) is 4.65. The molecule has 0 saturated carbocycles. The first-order chi connectivity index (χ1) is 12.7. The summed E-state index contributed by atoms with van der Waals surface area (Å²) in [6, 6.07) is 14.0. The van der Waals surface area contributed by atoms with Gasteiger partial charge in [0, 0.05) is 23.1 Å². The molecule has 3 nitrogen and oxygen atoms in total. The molecule has 5 heteroatoms. The van der Waals surface area contributed by atoms with E-state index in [1.807, 2.05) is 36.4 Å². The normalized spacial score (nSPS) is 13.1. The fourth-order valence-corrected chi connectivity index (χ4v) is 4.28. The van der Waals surface area contributed by atoms with Crippen LogP contribution in [0.2, 0.25) is 5.02 Å². The molecule has 0 aromatic heterocycles. The van der Waals surface area contributed by atoms with Crippen LogP contribution in [0.1, 0.15) is 29.5 Å². The molecule has 0 radical (unpaired) electrons. The van der Waals surface area contributed by atoms with Gasteiger partial charge >= 0.3 is 0 Å². The second-order valence-electron chi connectivity index (χ2n) is 6.38. The van der Waals surface area contributed by atoms with Crippen molar-refractivity contribution in [3.05, 3.63) is 64.2 Å². The maximum absolute atomic E-state index is 12.0. The lowest BCUT2D eigenvalue weighted by molar-refractivity contribution is -0.122. The van der Waals surface area contributed by atoms with E-state index < -0.39 is 0 Å². The molecule has 1 aliphatic rings. The monoisotopic (exact) mass is 389 g/mol. The molecule has 1 amide bonds. The van der Waals surface area contributed by atoms with E-state index in [2.05, 4.69) is 11.4 Å². The number of thioether (sulfide) groups is 1. The van der Waals surface area contributed by atoms with Crippen molar-refractivity contribution in [3.63, 3.8) is 0 Å². The third-order valence-electron chi connectivity index (χ3n) is 4.50. The zero-order valence-corrected chi connectivity index (χ0v) is 16.4. The summed E-state index contributed by atoms with van der Waals surface area (Å²) in [5.74, 6) is 2.49. The number of amides is 1. The third kappa shape index (κ3) is 5.42. The van der Waals surface area contributed by atoms with Crippen LogP contribution in [0.25, 0.3) is 0 Å². The van der Waals surface area contributed by atoms with E-state index in [0.29, 0.717) is 6.54 Å². The Morgan fingerprint density at radius 2 is 1.96 bits per heavy atom. The van der Waals surface area contributed by atoms with Crippen molar-refractivity contribution in [2.45, 2.75) is 31.4 Å². The summed E-state index contributed by atoms with van der Waals surface area (Å²) in [5.41, 5.74) is 3.77. The summed E-state index contributed by atoms with van der Waals surface area (Å²) in [6.07, 6.45) is 4.60. The summed E-state index contributed by atoms with van der Waals surface area (Å²) < 4.78 is 5.77. The van der Waals surface area contributed by atoms with Crippen molar-refractivity contribution in [2.75, 3.05) is 18.9 Å². The molecule has 0 bridgehead atoms. The van der Waals surface area contributed by atoms with E-state index >= 15 is 0 Å². The maximum atomic E-state index is 12.0. The second kappa shape index (κ2) is 9.89. The van der Waals surface area contributed by atoms with Crippen LogP contribution in [0.4, 0.5) is 0 Å². The smallest absolute Gasteiger partial charge is 0.257 e. The highest BCUT2D eigenvalue weighted by atomic mass is 35.5. The predicted molar refractivity (Wildman–Crippen MR) is 109 cm³/mol. The molecule has 1 N–H and O–H groups in total. The second-order valence-corrected chi connectivity index (χ2v) is 7.90. The molecule has 2 aromatic carbocycles. The Kier molecular flexibility index (Phi) is 7.27. The lowest BCUT2D eigenvalue weighted by atomic mass is 9.91. The van der Waals surface area contributed by atoms with E-state index in [0.717, 1.165) is 40.7 Å². The quantitative estimate of drug-likeness (QED) is 0.668. The van der Waals surface area contributed by atoms with Crippen molar-refractivity contribution in [2.24, 2.45) is 0 Å². The fraction of sp³-hybridized carbons (Fsp3) is 0.381. The van der Waals surface area contributed by atoms with Gasteiger partial charge in [-0.05, 0) is 54.5 Å². The first kappa shape index (κ1) is 19.1. The SMILES string of the molecule is O=C(COc1cccc2c1CCCC2)NCCSCc1ccccc1Cl. The van der Waals surface area contributed by atoms with Gasteiger partial charge in [0.15, 0.2) is 6.61 Å². The Balaban J connectivity index is 1.35. The number of benzene rings is 2. The minimum atomic E-state index is -0.0724. The summed E-state index contributed by atoms with van der Waals surface area (Å²) >= 11 is 7.89. The maximum Gasteiger partial charge on any atom is 0.257 e. The topological polar surface area (TPSA) is 38.3 Å². The van der Waals surface area contributed by atoms with Crippen molar-refractivity contribution in [1.29, 1.82) is 0 Å². The first-order valence-electron chi connectivity index (χ1n) is 9.05. The molecule has 2 aromatic rings. The number of aryl methyl sites for hydroxylation is 1. The van der Waals surface area contributed by atoms with Crippen molar-refractivity contribution < 1.29 is 9.53 Å². The number of ether oxygens (including phenoxy) is 1. The summed E-state index contributed by atoms with van der Waals surface area (Å²) in [5, 5.41) is 3.71. The van der Waals surface area contributed by atoms with Gasteiger partial charge in [-0.2, -0.15) is 11.8 Å². The van der Waals surface area contributed by atoms with Crippen LogP contribution < -0.4 is 10.1 Å². The largest absolute Gasteiger partial charge is 0.483 e. The first-order valence-corrected chi connectivity index (χ1v) is 10.6. The van der Waals surface area contributed by atoms with Crippen LogP contribution in [-0.4, -0.2) is 24.8 Å². The van der Waals surface area contributed by atoms with Crippen LogP contribution in [0.3, 0.4) is 0 Å². The lowest BCUT2D eigenvalue weighted by Gasteiger charge is -2.19. The van der Waals surface area contributed by atoms with E-state index in [1.54, 1.807) is 11.8 Å². The highest BCUT2D eigenvalue weighted by molar-refractivity contribution is 7.98. The van der Waals surface area contributed by atoms with E-state index in [-0.39, 0.29) is 12.5 Å². The van der Waals surface area contributed by atoms with E-state index in [9.17, 15) is 4.79 Å². The molecule has 0 unspecified atom stereocenters. The minimum Gasteiger partial charge on any atom is -0.483 e. The highest BCUT2D eigenvalue weighted by Crippen LogP contribution is 2.29. The van der Waals surface area contributed by atoms with Crippen LogP contribution in [0.15, 0.2) is 42.5 Å². The Morgan fingerprint density at radius 3 is 2.85 bits per heavy atom. The minimum absolute atomic E-state index is 0.0724. The molecule has 0 fully saturated rings. The number of nitrogens with one attached hydrogen (secondary N) is 1. The van der Waals surface area contributed by atoms with Crippen LogP contribution in [-0.2, 0) is 23.4 Å². The molecular formula is C21H24ClNO2S. The number of fused-ring (bicyclic) bond motifs is 1. The Bertz CT molecular complexity index is 751. The van der Waals surface area contributed by atoms with Gasteiger partial charge in [-0.1, -0.05) is 41.9 Å². The Morgan fingerprint density at radius 1 is 1.12 bits per heavy atom. The van der Waals surface area contributed by atoms with Gasteiger partial charge in [-0.3, -0.25) is 4.79 Å². The highest BCUT2D eigenvalue weighted by Gasteiger charge is 2.14. The van der Waals surface area contributed by atoms with Gasteiger partial charge in [-0.15, -0.1) is 0 Å². The Hall–Kier alpha value is -1.65. The fourth-order valence-electron chi connectivity index (χ4n) is 3.14. The molecular weight excluding hydrogens is 366 g/mol. The number of carbonyl (C=O) groups excluding carboxylic acids is 1. The molecule has 0 saturated heterocycles. The zero-order chi connectivity index (χ0) is 18.2. The summed E-state index contributed by atoms with van der Waals surface area (Å²) in [4.78, 5) is 12.0. The molecule has 0 atom stereocenters. The van der Waals surface area contributed by atoms with Crippen molar-refractivity contribution in [1.82, 2.24) is 5.32 Å². The molecule has 138 valence electrons. The molecule has 0 heterocycles. The van der Waals surface area contributed by atoms with Gasteiger partial charge in [0.2, 0.25) is 0 Å². The number of carbonyl (C=O) groups is 1. The summed E-state index contributed by atoms with van der Waals surface area (Å²) in [7, 11) is 0. The molecule has 26 heavy (non-hydrogen) atoms. The third-order valence-corrected chi connectivity index (χ3v) is 5.87. The number of rotatable bonds is 8. The molecule has 1 aliphatic carbocycles. The molecule has 0 spiro atoms. The van der Waals surface area contributed by atoms with Gasteiger partial charge in [-0.25, -0.2) is 0 Å². The number of hydrogen-bond donors (Lipinski definition) is 1. The van der Waals surface area contributed by atoms with Crippen molar-refractivity contribution >= 4 is 29.3 Å². The number of hydrogen-bond acceptors (Lipinski definition) is 3. The van der Waals surface area contributed by atoms with Crippen LogP contribution in [0, 0.1) is 0 Å². The average Bonchev–Trinajstić information content (AvgIpc) is 2.67. The zero-order valence-electron chi connectivity index (χ0n) is 14.8. The molecule has 0 aliphatic heterocycles. The van der Waals surface area contributed by atoms with Crippen LogP contribution in [0.5, 0.6) is 5.75 Å². The van der Waals surface area contributed by atoms with Crippen molar-refractivity contribution in [3.8, 4) is 5.75 Å². The Labute approximate surface area is 164 Å². The number of halogens is 1. The lowest BCUT2D eigenvalue weighted by Crippen LogP contribution is -2.30. The van der Waals surface area contributed by atoms with Gasteiger partial charge in [0.05, 0.1) is 0 Å². The van der Waals surface area contributed by atoms with Gasteiger partial charge < -0.3 is 10.1 Å². The van der Waals surface area contributed by atoms with E-state index in [1.165, 1.54) is 24.0 Å².